The van der Waals surface area contributed by atoms with Crippen molar-refractivity contribution in [2.24, 2.45) is 7.05 Å². The monoisotopic (exact) mass is 205 g/mol. The van der Waals surface area contributed by atoms with Crippen molar-refractivity contribution >= 4 is 11.2 Å². The molecule has 0 atom stereocenters. The van der Waals surface area contributed by atoms with Gasteiger partial charge in [0.2, 0.25) is 0 Å². The lowest BCUT2D eigenvalue weighted by Crippen LogP contribution is -2.36. The maximum Gasteiger partial charge on any atom is 0.401 e. The van der Waals surface area contributed by atoms with Crippen LogP contribution in [0.3, 0.4) is 0 Å². The number of hydrogen-bond donors (Lipinski definition) is 0. The summed E-state index contributed by atoms with van der Waals surface area (Å²) in [6.07, 6.45) is 1.52. The molecule has 0 fully saturated rings. The fraction of sp³-hybridized carbons (Fsp3) is 0.500. The third kappa shape index (κ3) is 1.34. The number of aromatic nitrogens is 2. The molecule has 0 bridgehead atoms. The Morgan fingerprint density at radius 2 is 1.93 bits per heavy atom. The van der Waals surface area contributed by atoms with E-state index in [9.17, 15) is 0 Å². The number of oxazole rings is 1. The standard InChI is InChI=1S/C12H17N2O/c1-7(2)11-9(4)8(3)10-12(14(11)5)15-6-13-10/h6-7H,1-5H3/q+1. The Bertz CT molecular complexity index is 512. The molecule has 3 heteroatoms. The first kappa shape index (κ1) is 10.1. The molecule has 0 amide bonds. The Hall–Kier alpha value is -1.38. The van der Waals surface area contributed by atoms with Gasteiger partial charge in [0.05, 0.1) is 0 Å². The lowest BCUT2D eigenvalue weighted by Gasteiger charge is -2.09. The molecule has 0 spiro atoms. The third-order valence-electron chi connectivity index (χ3n) is 3.06. The van der Waals surface area contributed by atoms with Crippen LogP contribution in [0.1, 0.15) is 36.6 Å². The van der Waals surface area contributed by atoms with Crippen LogP contribution in [0.2, 0.25) is 0 Å². The van der Waals surface area contributed by atoms with Crippen molar-refractivity contribution < 1.29 is 8.98 Å². The second kappa shape index (κ2) is 3.33. The number of pyridine rings is 1. The molecule has 2 aromatic rings. The van der Waals surface area contributed by atoms with E-state index in [0.29, 0.717) is 5.92 Å². The van der Waals surface area contributed by atoms with E-state index in [2.05, 4.69) is 37.2 Å². The van der Waals surface area contributed by atoms with Crippen molar-refractivity contribution in [3.63, 3.8) is 0 Å². The minimum Gasteiger partial charge on any atom is -0.391 e. The van der Waals surface area contributed by atoms with Gasteiger partial charge in [0.25, 0.3) is 0 Å². The number of fused-ring (bicyclic) bond motifs is 1. The normalized spacial score (nSPS) is 11.6. The van der Waals surface area contributed by atoms with Gasteiger partial charge >= 0.3 is 5.71 Å². The quantitative estimate of drug-likeness (QED) is 0.669. The van der Waals surface area contributed by atoms with Gasteiger partial charge in [-0.15, -0.1) is 0 Å². The summed E-state index contributed by atoms with van der Waals surface area (Å²) in [5.41, 5.74) is 5.69. The summed E-state index contributed by atoms with van der Waals surface area (Å²) < 4.78 is 7.53. The molecule has 0 aliphatic rings. The van der Waals surface area contributed by atoms with Crippen LogP contribution in [-0.2, 0) is 7.05 Å². The molecule has 3 nitrogen and oxygen atoms in total. The summed E-state index contributed by atoms with van der Waals surface area (Å²) in [7, 11) is 2.04. The molecule has 0 saturated heterocycles. The molecule has 2 heterocycles. The highest BCUT2D eigenvalue weighted by molar-refractivity contribution is 5.70. The second-order valence-electron chi connectivity index (χ2n) is 4.36. The van der Waals surface area contributed by atoms with Gasteiger partial charge in [0, 0.05) is 11.5 Å². The van der Waals surface area contributed by atoms with E-state index in [1.54, 1.807) is 0 Å². The summed E-state index contributed by atoms with van der Waals surface area (Å²) in [6, 6.07) is 0. The van der Waals surface area contributed by atoms with Crippen LogP contribution in [0.4, 0.5) is 0 Å². The summed E-state index contributed by atoms with van der Waals surface area (Å²) in [5, 5.41) is 0. The SMILES string of the molecule is Cc1c(C)c2ncoc2[n+](C)c1C(C)C. The van der Waals surface area contributed by atoms with Gasteiger partial charge in [-0.25, -0.2) is 4.98 Å². The molecule has 15 heavy (non-hydrogen) atoms. The Balaban J connectivity index is 2.92. The van der Waals surface area contributed by atoms with E-state index < -0.39 is 0 Å². The highest BCUT2D eigenvalue weighted by Gasteiger charge is 2.24. The molecular weight excluding hydrogens is 188 g/mol. The molecule has 0 aliphatic carbocycles. The smallest absolute Gasteiger partial charge is 0.391 e. The second-order valence-corrected chi connectivity index (χ2v) is 4.36. The molecule has 2 aromatic heterocycles. The highest BCUT2D eigenvalue weighted by atomic mass is 16.3. The Labute approximate surface area is 89.7 Å². The lowest BCUT2D eigenvalue weighted by molar-refractivity contribution is -0.660. The van der Waals surface area contributed by atoms with Crippen molar-refractivity contribution in [3.05, 3.63) is 23.2 Å². The zero-order valence-corrected chi connectivity index (χ0v) is 9.96. The maximum absolute atomic E-state index is 5.43. The van der Waals surface area contributed by atoms with Crippen LogP contribution in [0.5, 0.6) is 0 Å². The fourth-order valence-electron chi connectivity index (χ4n) is 2.29. The number of hydrogen-bond acceptors (Lipinski definition) is 2. The maximum atomic E-state index is 5.43. The van der Waals surface area contributed by atoms with Crippen LogP contribution < -0.4 is 4.57 Å². The first-order valence-corrected chi connectivity index (χ1v) is 5.26. The minimum absolute atomic E-state index is 0.489. The van der Waals surface area contributed by atoms with Crippen molar-refractivity contribution in [3.8, 4) is 0 Å². The minimum atomic E-state index is 0.489. The average molecular weight is 205 g/mol. The van der Waals surface area contributed by atoms with Crippen LogP contribution in [0.15, 0.2) is 10.8 Å². The molecule has 0 saturated carbocycles. The third-order valence-corrected chi connectivity index (χ3v) is 3.06. The van der Waals surface area contributed by atoms with Gasteiger partial charge in [-0.1, -0.05) is 13.8 Å². The molecule has 80 valence electrons. The predicted molar refractivity (Wildman–Crippen MR) is 58.7 cm³/mol. The first-order valence-electron chi connectivity index (χ1n) is 5.26. The van der Waals surface area contributed by atoms with Gasteiger partial charge in [-0.3, -0.25) is 0 Å². The van der Waals surface area contributed by atoms with Crippen LogP contribution in [0, 0.1) is 13.8 Å². The van der Waals surface area contributed by atoms with Crippen LogP contribution in [-0.4, -0.2) is 4.98 Å². The zero-order chi connectivity index (χ0) is 11.2. The van der Waals surface area contributed by atoms with E-state index in [0.717, 1.165) is 11.2 Å². The van der Waals surface area contributed by atoms with Crippen LogP contribution >= 0.6 is 0 Å². The van der Waals surface area contributed by atoms with E-state index >= 15 is 0 Å². The van der Waals surface area contributed by atoms with E-state index in [4.69, 9.17) is 4.42 Å². The van der Waals surface area contributed by atoms with Crippen molar-refractivity contribution in [1.82, 2.24) is 4.98 Å². The van der Waals surface area contributed by atoms with Gasteiger partial charge in [-0.05, 0) is 19.4 Å². The number of aryl methyl sites for hydroxylation is 2. The van der Waals surface area contributed by atoms with Crippen molar-refractivity contribution in [2.45, 2.75) is 33.6 Å². The summed E-state index contributed by atoms with van der Waals surface area (Å²) in [6.45, 7) is 8.65. The molecule has 2 rings (SSSR count). The number of nitrogens with zero attached hydrogens (tertiary/aromatic N) is 2. The van der Waals surface area contributed by atoms with Gasteiger partial charge in [0.1, 0.15) is 7.05 Å². The molecule has 0 unspecified atom stereocenters. The summed E-state index contributed by atoms with van der Waals surface area (Å²) in [5.74, 6) is 0.489. The first-order chi connectivity index (χ1) is 7.04. The Morgan fingerprint density at radius 1 is 1.27 bits per heavy atom. The fourth-order valence-corrected chi connectivity index (χ4v) is 2.29. The number of rotatable bonds is 1. The Kier molecular flexibility index (Phi) is 2.25. The van der Waals surface area contributed by atoms with E-state index in [1.165, 1.54) is 23.2 Å². The van der Waals surface area contributed by atoms with E-state index in [-0.39, 0.29) is 0 Å². The van der Waals surface area contributed by atoms with Crippen molar-refractivity contribution in [1.29, 1.82) is 0 Å². The van der Waals surface area contributed by atoms with Crippen molar-refractivity contribution in [2.75, 3.05) is 0 Å². The summed E-state index contributed by atoms with van der Waals surface area (Å²) >= 11 is 0. The van der Waals surface area contributed by atoms with Gasteiger partial charge < -0.3 is 4.42 Å². The van der Waals surface area contributed by atoms with Crippen LogP contribution in [0.25, 0.3) is 11.2 Å². The largest absolute Gasteiger partial charge is 0.401 e. The topological polar surface area (TPSA) is 29.9 Å². The Morgan fingerprint density at radius 3 is 2.53 bits per heavy atom. The molecule has 0 aromatic carbocycles. The average Bonchev–Trinajstić information content (AvgIpc) is 2.62. The molecule has 0 aliphatic heterocycles. The lowest BCUT2D eigenvalue weighted by atomic mass is 10.00. The predicted octanol–water partition coefficient (Wildman–Crippen LogP) is 2.39. The summed E-state index contributed by atoms with van der Waals surface area (Å²) in [4.78, 5) is 4.25. The highest BCUT2D eigenvalue weighted by Crippen LogP contribution is 2.23. The molecular formula is C12H17N2O+. The molecule has 0 N–H and O–H groups in total. The van der Waals surface area contributed by atoms with E-state index in [1.807, 2.05) is 7.05 Å². The zero-order valence-electron chi connectivity index (χ0n) is 9.96. The van der Waals surface area contributed by atoms with Gasteiger partial charge in [0.15, 0.2) is 17.6 Å². The van der Waals surface area contributed by atoms with Gasteiger partial charge in [-0.2, -0.15) is 4.57 Å². The molecule has 0 radical (unpaired) electrons.